The van der Waals surface area contributed by atoms with Crippen LogP contribution in [0.5, 0.6) is 0 Å². The van der Waals surface area contributed by atoms with Crippen LogP contribution in [0.4, 0.5) is 5.69 Å². The molecule has 0 saturated carbocycles. The zero-order chi connectivity index (χ0) is 18.9. The Balaban J connectivity index is 1.87. The Morgan fingerprint density at radius 3 is 2.23 bits per heavy atom. The lowest BCUT2D eigenvalue weighted by molar-refractivity contribution is 0.102. The van der Waals surface area contributed by atoms with Gasteiger partial charge in [-0.1, -0.05) is 0 Å². The van der Waals surface area contributed by atoms with E-state index in [4.69, 9.17) is 5.14 Å². The molecule has 6 nitrogen and oxygen atoms in total. The zero-order valence-corrected chi connectivity index (χ0v) is 15.2. The predicted molar refractivity (Wildman–Crippen MR) is 101 cm³/mol. The zero-order valence-electron chi connectivity index (χ0n) is 14.4. The smallest absolute Gasteiger partial charge is 0.255 e. The number of rotatable bonds is 4. The maximum atomic E-state index is 12.5. The van der Waals surface area contributed by atoms with Crippen LogP contribution in [0.3, 0.4) is 0 Å². The molecule has 0 aliphatic carbocycles. The molecule has 3 aromatic rings. The number of anilines is 1. The minimum absolute atomic E-state index is 0.0288. The summed E-state index contributed by atoms with van der Waals surface area (Å²) >= 11 is 0. The minimum atomic E-state index is -3.85. The van der Waals surface area contributed by atoms with Gasteiger partial charge in [-0.05, 0) is 73.5 Å². The second-order valence-corrected chi connectivity index (χ2v) is 7.61. The molecule has 0 unspecified atom stereocenters. The first-order valence-corrected chi connectivity index (χ1v) is 9.49. The third-order valence-electron chi connectivity index (χ3n) is 4.25. The third kappa shape index (κ3) is 3.68. The summed E-state index contributed by atoms with van der Waals surface area (Å²) in [4.78, 5) is 12.5. The van der Waals surface area contributed by atoms with Crippen LogP contribution in [0.1, 0.15) is 21.5 Å². The van der Waals surface area contributed by atoms with Crippen LogP contribution in [0, 0.1) is 13.8 Å². The Morgan fingerprint density at radius 2 is 1.65 bits per heavy atom. The normalized spacial score (nSPS) is 11.3. The summed E-state index contributed by atoms with van der Waals surface area (Å²) in [6.07, 6.45) is 3.83. The molecule has 134 valence electrons. The molecule has 3 rings (SSSR count). The van der Waals surface area contributed by atoms with E-state index in [1.807, 2.05) is 48.1 Å². The molecule has 0 aliphatic heterocycles. The molecule has 0 spiro atoms. The van der Waals surface area contributed by atoms with Gasteiger partial charge in [0.1, 0.15) is 0 Å². The van der Waals surface area contributed by atoms with Gasteiger partial charge >= 0.3 is 0 Å². The molecule has 0 saturated heterocycles. The maximum Gasteiger partial charge on any atom is 0.255 e. The van der Waals surface area contributed by atoms with Gasteiger partial charge in [0.2, 0.25) is 10.0 Å². The van der Waals surface area contributed by atoms with E-state index in [1.54, 1.807) is 19.1 Å². The first-order valence-electron chi connectivity index (χ1n) is 7.94. The summed E-state index contributed by atoms with van der Waals surface area (Å²) in [7, 11) is -3.85. The summed E-state index contributed by atoms with van der Waals surface area (Å²) < 4.78 is 25.2. The average Bonchev–Trinajstić information content (AvgIpc) is 3.12. The van der Waals surface area contributed by atoms with Crippen LogP contribution in [-0.2, 0) is 10.0 Å². The second kappa shape index (κ2) is 6.78. The van der Waals surface area contributed by atoms with Gasteiger partial charge in [-0.15, -0.1) is 0 Å². The SMILES string of the molecule is Cc1cc(S(N)(=O)=O)cc(NC(=O)c2ccc(-n3cccc3)cc2)c1C. The summed E-state index contributed by atoms with van der Waals surface area (Å²) in [6.45, 7) is 3.58. The Hall–Kier alpha value is -2.90. The Morgan fingerprint density at radius 1 is 1.04 bits per heavy atom. The highest BCUT2D eigenvalue weighted by Crippen LogP contribution is 2.24. The highest BCUT2D eigenvalue weighted by molar-refractivity contribution is 7.89. The lowest BCUT2D eigenvalue weighted by Gasteiger charge is -2.13. The van der Waals surface area contributed by atoms with E-state index in [2.05, 4.69) is 5.32 Å². The molecular weight excluding hydrogens is 350 g/mol. The molecule has 2 aromatic carbocycles. The lowest BCUT2D eigenvalue weighted by Crippen LogP contribution is -2.16. The molecule has 7 heteroatoms. The van der Waals surface area contributed by atoms with Crippen molar-refractivity contribution >= 4 is 21.6 Å². The van der Waals surface area contributed by atoms with E-state index in [9.17, 15) is 13.2 Å². The first-order chi connectivity index (χ1) is 12.3. The van der Waals surface area contributed by atoms with Gasteiger partial charge < -0.3 is 9.88 Å². The van der Waals surface area contributed by atoms with Gasteiger partial charge in [0.05, 0.1) is 4.90 Å². The fraction of sp³-hybridized carbons (Fsp3) is 0.105. The quantitative estimate of drug-likeness (QED) is 0.740. The van der Waals surface area contributed by atoms with Gasteiger partial charge in [0, 0.05) is 29.3 Å². The van der Waals surface area contributed by atoms with Gasteiger partial charge in [-0.3, -0.25) is 4.79 Å². The number of hydrogen-bond acceptors (Lipinski definition) is 3. The molecule has 26 heavy (non-hydrogen) atoms. The van der Waals surface area contributed by atoms with Gasteiger partial charge in [-0.25, -0.2) is 13.6 Å². The molecule has 0 aliphatic rings. The topological polar surface area (TPSA) is 94.2 Å². The number of primary sulfonamides is 1. The number of nitrogens with two attached hydrogens (primary N) is 1. The highest BCUT2D eigenvalue weighted by atomic mass is 32.2. The van der Waals surface area contributed by atoms with Crippen molar-refractivity contribution in [2.24, 2.45) is 5.14 Å². The largest absolute Gasteiger partial charge is 0.324 e. The van der Waals surface area contributed by atoms with Crippen LogP contribution < -0.4 is 10.5 Å². The number of aromatic nitrogens is 1. The highest BCUT2D eigenvalue weighted by Gasteiger charge is 2.15. The van der Waals surface area contributed by atoms with Gasteiger partial charge in [0.15, 0.2) is 0 Å². The predicted octanol–water partition coefficient (Wildman–Crippen LogP) is 2.99. The van der Waals surface area contributed by atoms with Crippen molar-refractivity contribution in [3.63, 3.8) is 0 Å². The lowest BCUT2D eigenvalue weighted by atomic mass is 10.1. The molecule has 1 amide bonds. The van der Waals surface area contributed by atoms with Crippen molar-refractivity contribution in [1.29, 1.82) is 0 Å². The second-order valence-electron chi connectivity index (χ2n) is 6.05. The number of sulfonamides is 1. The van der Waals surface area contributed by atoms with Crippen molar-refractivity contribution in [3.8, 4) is 5.69 Å². The number of amides is 1. The Kier molecular flexibility index (Phi) is 4.67. The van der Waals surface area contributed by atoms with E-state index < -0.39 is 10.0 Å². The van der Waals surface area contributed by atoms with Crippen LogP contribution >= 0.6 is 0 Å². The number of nitrogens with one attached hydrogen (secondary N) is 1. The number of nitrogens with zero attached hydrogens (tertiary/aromatic N) is 1. The van der Waals surface area contributed by atoms with E-state index >= 15 is 0 Å². The number of carbonyl (C=O) groups excluding carboxylic acids is 1. The molecule has 0 fully saturated rings. The molecule has 1 aromatic heterocycles. The van der Waals surface area contributed by atoms with Crippen LogP contribution in [0.15, 0.2) is 65.8 Å². The number of benzene rings is 2. The monoisotopic (exact) mass is 369 g/mol. The fourth-order valence-corrected chi connectivity index (χ4v) is 3.23. The molecule has 3 N–H and O–H groups in total. The summed E-state index contributed by atoms with van der Waals surface area (Å²) in [6, 6.07) is 13.8. The van der Waals surface area contributed by atoms with Crippen molar-refractivity contribution < 1.29 is 13.2 Å². The maximum absolute atomic E-state index is 12.5. The van der Waals surface area contributed by atoms with E-state index in [0.29, 0.717) is 11.3 Å². The molecule has 0 atom stereocenters. The summed E-state index contributed by atoms with van der Waals surface area (Å²) in [5.41, 5.74) is 3.35. The van der Waals surface area contributed by atoms with E-state index in [0.717, 1.165) is 16.8 Å². The fourth-order valence-electron chi connectivity index (χ4n) is 2.61. The van der Waals surface area contributed by atoms with Crippen molar-refractivity contribution in [2.45, 2.75) is 18.7 Å². The summed E-state index contributed by atoms with van der Waals surface area (Å²) in [5, 5.41) is 7.98. The average molecular weight is 369 g/mol. The third-order valence-corrected chi connectivity index (χ3v) is 5.14. The van der Waals surface area contributed by atoms with Crippen molar-refractivity contribution in [2.75, 3.05) is 5.32 Å². The van der Waals surface area contributed by atoms with E-state index in [-0.39, 0.29) is 10.8 Å². The van der Waals surface area contributed by atoms with Crippen molar-refractivity contribution in [3.05, 3.63) is 77.6 Å². The Bertz CT molecular complexity index is 1050. The first kappa shape index (κ1) is 17.9. The van der Waals surface area contributed by atoms with Crippen LogP contribution in [-0.4, -0.2) is 18.9 Å². The Labute approximate surface area is 152 Å². The van der Waals surface area contributed by atoms with Crippen LogP contribution in [0.2, 0.25) is 0 Å². The molecular formula is C19H19N3O3S. The molecule has 0 radical (unpaired) electrons. The van der Waals surface area contributed by atoms with Crippen LogP contribution in [0.25, 0.3) is 5.69 Å². The molecule has 1 heterocycles. The number of aryl methyl sites for hydroxylation is 1. The number of hydrogen-bond donors (Lipinski definition) is 2. The minimum Gasteiger partial charge on any atom is -0.324 e. The molecule has 0 bridgehead atoms. The summed E-state index contributed by atoms with van der Waals surface area (Å²) in [5.74, 6) is -0.321. The van der Waals surface area contributed by atoms with Gasteiger partial charge in [0.25, 0.3) is 5.91 Å². The van der Waals surface area contributed by atoms with Gasteiger partial charge in [-0.2, -0.15) is 0 Å². The standard InChI is InChI=1S/C19H19N3O3S/c1-13-11-17(26(20,24)25)12-18(14(13)2)21-19(23)15-5-7-16(8-6-15)22-9-3-4-10-22/h3-12H,1-2H3,(H,21,23)(H2,20,24,25). The number of carbonyl (C=O) groups is 1. The van der Waals surface area contributed by atoms with Crippen molar-refractivity contribution in [1.82, 2.24) is 4.57 Å². The van der Waals surface area contributed by atoms with E-state index in [1.165, 1.54) is 12.1 Å².